The number of ether oxygens (including phenoxy) is 1. The molecule has 0 spiro atoms. The summed E-state index contributed by atoms with van der Waals surface area (Å²) in [7, 11) is 0. The topological polar surface area (TPSA) is 56.5 Å². The average molecular weight is 364 g/mol. The summed E-state index contributed by atoms with van der Waals surface area (Å²) in [6.07, 6.45) is 0.553. The van der Waals surface area contributed by atoms with E-state index in [4.69, 9.17) is 27.9 Å². The van der Waals surface area contributed by atoms with Gasteiger partial charge in [0, 0.05) is 18.4 Å². The number of esters is 1. The Kier molecular flexibility index (Phi) is 4.73. The first-order chi connectivity index (χ1) is 11.5. The fourth-order valence-electron chi connectivity index (χ4n) is 2.49. The average Bonchev–Trinajstić information content (AvgIpc) is 2.87. The van der Waals surface area contributed by atoms with Gasteiger partial charge in [0.15, 0.2) is 5.65 Å². The van der Waals surface area contributed by atoms with E-state index in [9.17, 15) is 4.79 Å². The van der Waals surface area contributed by atoms with Gasteiger partial charge in [-0.15, -0.1) is 0 Å². The molecule has 3 rings (SSSR count). The fourth-order valence-corrected chi connectivity index (χ4v) is 2.82. The van der Waals surface area contributed by atoms with E-state index in [0.29, 0.717) is 27.9 Å². The van der Waals surface area contributed by atoms with Crippen molar-refractivity contribution < 1.29 is 9.53 Å². The molecular weight excluding hydrogens is 349 g/mol. The van der Waals surface area contributed by atoms with Gasteiger partial charge >= 0.3 is 5.97 Å². The largest absolute Gasteiger partial charge is 0.459 e. The van der Waals surface area contributed by atoms with Crippen LogP contribution in [0.5, 0.6) is 0 Å². The normalized spacial score (nSPS) is 11.0. The molecule has 0 bridgehead atoms. The first-order valence-electron chi connectivity index (χ1n) is 7.36. The van der Waals surface area contributed by atoms with Crippen molar-refractivity contribution in [2.75, 3.05) is 0 Å². The zero-order valence-electron chi connectivity index (χ0n) is 13.2. The molecule has 0 saturated heterocycles. The Morgan fingerprint density at radius 1 is 1.25 bits per heavy atom. The van der Waals surface area contributed by atoms with Gasteiger partial charge in [0.2, 0.25) is 0 Å². The van der Waals surface area contributed by atoms with Crippen molar-refractivity contribution in [3.63, 3.8) is 0 Å². The minimum absolute atomic E-state index is 0.0886. The maximum Gasteiger partial charge on any atom is 0.303 e. The molecule has 24 heavy (non-hydrogen) atoms. The molecule has 0 unspecified atom stereocenters. The van der Waals surface area contributed by atoms with E-state index in [1.54, 1.807) is 16.6 Å². The van der Waals surface area contributed by atoms with Crippen molar-refractivity contribution in [3.8, 4) is 0 Å². The quantitative estimate of drug-likeness (QED) is 0.657. The summed E-state index contributed by atoms with van der Waals surface area (Å²) < 4.78 is 6.80. The lowest BCUT2D eigenvalue weighted by atomic mass is 10.0. The molecule has 0 N–H and O–H groups in total. The Morgan fingerprint density at radius 2 is 2.04 bits per heavy atom. The Morgan fingerprint density at radius 3 is 2.79 bits per heavy atom. The lowest BCUT2D eigenvalue weighted by Crippen LogP contribution is -2.05. The number of nitrogens with zero attached hydrogens (tertiary/aromatic N) is 3. The van der Waals surface area contributed by atoms with Gasteiger partial charge < -0.3 is 4.74 Å². The summed E-state index contributed by atoms with van der Waals surface area (Å²) in [5, 5.41) is 5.38. The molecule has 124 valence electrons. The highest BCUT2D eigenvalue weighted by molar-refractivity contribution is 6.31. The molecule has 0 radical (unpaired) electrons. The molecule has 0 amide bonds. The van der Waals surface area contributed by atoms with E-state index in [1.165, 1.54) is 6.92 Å². The van der Waals surface area contributed by atoms with Crippen LogP contribution >= 0.6 is 23.2 Å². The zero-order valence-corrected chi connectivity index (χ0v) is 14.7. The summed E-state index contributed by atoms with van der Waals surface area (Å²) in [4.78, 5) is 15.6. The third-order valence-corrected chi connectivity index (χ3v) is 4.38. The van der Waals surface area contributed by atoms with Crippen LogP contribution in [0.2, 0.25) is 10.2 Å². The molecule has 2 aromatic heterocycles. The number of hydrogen-bond donors (Lipinski definition) is 0. The maximum atomic E-state index is 11.1. The molecule has 2 heterocycles. The molecule has 0 fully saturated rings. The van der Waals surface area contributed by atoms with Crippen LogP contribution in [0.25, 0.3) is 5.65 Å². The second-order valence-electron chi connectivity index (χ2n) is 5.41. The number of rotatable bonds is 4. The third kappa shape index (κ3) is 3.37. The van der Waals surface area contributed by atoms with Gasteiger partial charge in [-0.3, -0.25) is 4.79 Å². The summed E-state index contributed by atoms with van der Waals surface area (Å²) in [6.45, 7) is 3.42. The molecule has 0 saturated carbocycles. The van der Waals surface area contributed by atoms with E-state index in [1.807, 2.05) is 25.1 Å². The lowest BCUT2D eigenvalue weighted by molar-refractivity contribution is -0.142. The minimum Gasteiger partial charge on any atom is -0.459 e. The van der Waals surface area contributed by atoms with Crippen molar-refractivity contribution in [3.05, 3.63) is 63.0 Å². The summed E-state index contributed by atoms with van der Waals surface area (Å²) in [5.41, 5.74) is 4.17. The van der Waals surface area contributed by atoms with Crippen LogP contribution in [0, 0.1) is 6.92 Å². The van der Waals surface area contributed by atoms with Crippen LogP contribution in [0.15, 0.2) is 30.3 Å². The highest BCUT2D eigenvalue weighted by Crippen LogP contribution is 2.24. The standard InChI is InChI=1S/C17H15Cl2N3O2/c1-10-12(4-3-5-13(10)18)8-15-14(9-24-11(2)23)20-17-7-6-16(19)21-22(15)17/h3-7H,8-9H2,1-2H3. The van der Waals surface area contributed by atoms with Crippen LogP contribution < -0.4 is 0 Å². The van der Waals surface area contributed by atoms with Crippen LogP contribution in [0.1, 0.15) is 29.4 Å². The Hall–Kier alpha value is -2.11. The highest BCUT2D eigenvalue weighted by Gasteiger charge is 2.16. The molecule has 1 aromatic carbocycles. The third-order valence-electron chi connectivity index (χ3n) is 3.77. The second-order valence-corrected chi connectivity index (χ2v) is 6.21. The number of benzene rings is 1. The van der Waals surface area contributed by atoms with Gasteiger partial charge in [0.25, 0.3) is 0 Å². The predicted molar refractivity (Wildman–Crippen MR) is 92.5 cm³/mol. The van der Waals surface area contributed by atoms with Crippen molar-refractivity contribution in [1.29, 1.82) is 0 Å². The van der Waals surface area contributed by atoms with E-state index < -0.39 is 0 Å². The first-order valence-corrected chi connectivity index (χ1v) is 8.11. The Labute approximate surface area is 149 Å². The van der Waals surface area contributed by atoms with E-state index in [2.05, 4.69) is 10.1 Å². The number of aromatic nitrogens is 3. The van der Waals surface area contributed by atoms with Crippen LogP contribution in [0.4, 0.5) is 0 Å². The van der Waals surface area contributed by atoms with Gasteiger partial charge in [-0.25, -0.2) is 9.50 Å². The van der Waals surface area contributed by atoms with E-state index in [0.717, 1.165) is 16.8 Å². The van der Waals surface area contributed by atoms with Gasteiger partial charge in [0.05, 0.1) is 5.69 Å². The Bertz CT molecular complexity index is 922. The summed E-state index contributed by atoms with van der Waals surface area (Å²) >= 11 is 12.2. The number of carbonyl (C=O) groups is 1. The van der Waals surface area contributed by atoms with E-state index >= 15 is 0 Å². The van der Waals surface area contributed by atoms with Crippen molar-refractivity contribution in [1.82, 2.24) is 14.6 Å². The van der Waals surface area contributed by atoms with Crippen LogP contribution in [-0.2, 0) is 22.6 Å². The van der Waals surface area contributed by atoms with Crippen LogP contribution in [0.3, 0.4) is 0 Å². The predicted octanol–water partition coefficient (Wildman–Crippen LogP) is 4.00. The summed E-state index contributed by atoms with van der Waals surface area (Å²) in [5.74, 6) is -0.358. The van der Waals surface area contributed by atoms with Gasteiger partial charge in [0.1, 0.15) is 17.5 Å². The van der Waals surface area contributed by atoms with Gasteiger partial charge in [-0.1, -0.05) is 35.3 Å². The molecule has 0 aliphatic heterocycles. The van der Waals surface area contributed by atoms with Gasteiger partial charge in [-0.2, -0.15) is 5.10 Å². The molecule has 7 heteroatoms. The lowest BCUT2D eigenvalue weighted by Gasteiger charge is -2.09. The highest BCUT2D eigenvalue weighted by atomic mass is 35.5. The molecular formula is C17H15Cl2N3O2. The zero-order chi connectivity index (χ0) is 17.3. The maximum absolute atomic E-state index is 11.1. The van der Waals surface area contributed by atoms with Crippen molar-refractivity contribution in [2.45, 2.75) is 26.9 Å². The number of carbonyl (C=O) groups excluding carboxylic acids is 1. The van der Waals surface area contributed by atoms with Gasteiger partial charge in [-0.05, 0) is 36.2 Å². The molecule has 5 nitrogen and oxygen atoms in total. The first kappa shape index (κ1) is 16.7. The number of halogens is 2. The molecule has 0 aliphatic rings. The summed E-state index contributed by atoms with van der Waals surface area (Å²) in [6, 6.07) is 9.21. The fraction of sp³-hybridized carbons (Fsp3) is 0.235. The number of hydrogen-bond acceptors (Lipinski definition) is 4. The van der Waals surface area contributed by atoms with Crippen molar-refractivity contribution >= 4 is 34.8 Å². The molecule has 0 aliphatic carbocycles. The monoisotopic (exact) mass is 363 g/mol. The van der Waals surface area contributed by atoms with E-state index in [-0.39, 0.29) is 12.6 Å². The SMILES string of the molecule is CC(=O)OCc1nc2ccc(Cl)nn2c1Cc1cccc(Cl)c1C. The Balaban J connectivity index is 2.09. The number of imidazole rings is 1. The van der Waals surface area contributed by atoms with Crippen molar-refractivity contribution in [2.24, 2.45) is 0 Å². The molecule has 0 atom stereocenters. The minimum atomic E-state index is -0.358. The number of fused-ring (bicyclic) bond motifs is 1. The second kappa shape index (κ2) is 6.79. The molecule has 3 aromatic rings. The van der Waals surface area contributed by atoms with Crippen LogP contribution in [-0.4, -0.2) is 20.6 Å². The smallest absolute Gasteiger partial charge is 0.303 e.